The number of benzene rings is 2. The van der Waals surface area contributed by atoms with Gasteiger partial charge in [-0.1, -0.05) is 45.2 Å². The lowest BCUT2D eigenvalue weighted by Crippen LogP contribution is -2.27. The fraction of sp³-hybridized carbons (Fsp3) is 0.222. The summed E-state index contributed by atoms with van der Waals surface area (Å²) in [6, 6.07) is 12.2. The van der Waals surface area contributed by atoms with Gasteiger partial charge in [-0.2, -0.15) is 0 Å². The highest BCUT2D eigenvalue weighted by atomic mass is 79.9. The van der Waals surface area contributed by atoms with Gasteiger partial charge in [-0.15, -0.1) is 0 Å². The van der Waals surface area contributed by atoms with Crippen molar-refractivity contribution in [1.29, 1.82) is 0 Å². The Bertz CT molecular complexity index is 751. The highest BCUT2D eigenvalue weighted by Crippen LogP contribution is 2.21. The number of hydrogen-bond acceptors (Lipinski definition) is 2. The summed E-state index contributed by atoms with van der Waals surface area (Å²) in [5.74, 6) is -0.265. The normalized spacial score (nSPS) is 10.4. The molecule has 2 N–H and O–H groups in total. The van der Waals surface area contributed by atoms with E-state index in [1.807, 2.05) is 12.1 Å². The van der Waals surface area contributed by atoms with Crippen molar-refractivity contribution in [3.63, 3.8) is 0 Å². The third-order valence-corrected chi connectivity index (χ3v) is 4.56. The molecule has 0 aliphatic rings. The first-order chi connectivity index (χ1) is 12.0. The van der Waals surface area contributed by atoms with Gasteiger partial charge in [0.15, 0.2) is 0 Å². The summed E-state index contributed by atoms with van der Waals surface area (Å²) in [4.78, 5) is 23.8. The summed E-state index contributed by atoms with van der Waals surface area (Å²) in [5, 5.41) is 6.78. The van der Waals surface area contributed by atoms with Gasteiger partial charge < -0.3 is 10.6 Å². The van der Waals surface area contributed by atoms with Crippen LogP contribution in [0, 0.1) is 0 Å². The lowest BCUT2D eigenvalue weighted by atomic mass is 10.2. The van der Waals surface area contributed by atoms with Crippen molar-refractivity contribution in [3.8, 4) is 0 Å². The number of carbonyl (C=O) groups is 2. The molecule has 0 aliphatic heterocycles. The van der Waals surface area contributed by atoms with Gasteiger partial charge >= 0.3 is 0 Å². The number of rotatable bonds is 7. The second kappa shape index (κ2) is 9.80. The standard InChI is InChI=1S/C18H17BrCl2N2O2/c19-14-6-3-13(16(21)10-14)11-23-17(24)2-1-9-22-18(25)12-4-7-15(20)8-5-12/h3-8,10H,1-2,9,11H2,(H,22,25)(H,23,24). The van der Waals surface area contributed by atoms with E-state index >= 15 is 0 Å². The van der Waals surface area contributed by atoms with Crippen LogP contribution in [-0.4, -0.2) is 18.4 Å². The maximum Gasteiger partial charge on any atom is 0.251 e. The third-order valence-electron chi connectivity index (χ3n) is 3.46. The highest BCUT2D eigenvalue weighted by Gasteiger charge is 2.07. The van der Waals surface area contributed by atoms with Crippen LogP contribution in [0.2, 0.25) is 10.0 Å². The van der Waals surface area contributed by atoms with E-state index < -0.39 is 0 Å². The minimum absolute atomic E-state index is 0.0836. The minimum atomic E-state index is -0.182. The van der Waals surface area contributed by atoms with Crippen molar-refractivity contribution < 1.29 is 9.59 Å². The Balaban J connectivity index is 1.66. The van der Waals surface area contributed by atoms with E-state index in [-0.39, 0.29) is 11.8 Å². The number of carbonyl (C=O) groups excluding carboxylic acids is 2. The molecule has 0 fully saturated rings. The number of hydrogen-bond donors (Lipinski definition) is 2. The second-order valence-electron chi connectivity index (χ2n) is 5.38. The van der Waals surface area contributed by atoms with Crippen LogP contribution in [0.3, 0.4) is 0 Å². The second-order valence-corrected chi connectivity index (χ2v) is 7.14. The molecule has 2 rings (SSSR count). The smallest absolute Gasteiger partial charge is 0.251 e. The van der Waals surface area contributed by atoms with Crippen LogP contribution in [0.5, 0.6) is 0 Å². The minimum Gasteiger partial charge on any atom is -0.352 e. The Morgan fingerprint density at radius 2 is 1.72 bits per heavy atom. The van der Waals surface area contributed by atoms with Crippen LogP contribution in [-0.2, 0) is 11.3 Å². The van der Waals surface area contributed by atoms with Gasteiger partial charge in [0.1, 0.15) is 0 Å². The van der Waals surface area contributed by atoms with Crippen LogP contribution in [0.25, 0.3) is 0 Å². The molecule has 132 valence electrons. The fourth-order valence-corrected chi connectivity index (χ4v) is 2.97. The zero-order valence-corrected chi connectivity index (χ0v) is 16.4. The zero-order chi connectivity index (χ0) is 18.2. The van der Waals surface area contributed by atoms with E-state index in [2.05, 4.69) is 26.6 Å². The first kappa shape index (κ1) is 19.8. The zero-order valence-electron chi connectivity index (χ0n) is 13.3. The predicted molar refractivity (Wildman–Crippen MR) is 104 cm³/mol. The van der Waals surface area contributed by atoms with Crippen molar-refractivity contribution >= 4 is 50.9 Å². The van der Waals surface area contributed by atoms with E-state index in [9.17, 15) is 9.59 Å². The van der Waals surface area contributed by atoms with Crippen molar-refractivity contribution in [2.75, 3.05) is 6.54 Å². The summed E-state index contributed by atoms with van der Waals surface area (Å²) in [6.07, 6.45) is 0.883. The van der Waals surface area contributed by atoms with Crippen LogP contribution >= 0.6 is 39.1 Å². The molecule has 0 atom stereocenters. The fourth-order valence-electron chi connectivity index (χ4n) is 2.10. The molecule has 0 radical (unpaired) electrons. The van der Waals surface area contributed by atoms with E-state index in [0.29, 0.717) is 41.5 Å². The maximum atomic E-state index is 11.9. The van der Waals surface area contributed by atoms with Gasteiger partial charge in [-0.3, -0.25) is 9.59 Å². The molecule has 0 aromatic heterocycles. The quantitative estimate of drug-likeness (QED) is 0.615. The van der Waals surface area contributed by atoms with Gasteiger partial charge in [0.25, 0.3) is 5.91 Å². The Morgan fingerprint density at radius 3 is 2.40 bits per heavy atom. The average molecular weight is 444 g/mol. The molecule has 2 aromatic rings. The SMILES string of the molecule is O=C(CCCNC(=O)c1ccc(Cl)cc1)NCc1ccc(Br)cc1Cl. The van der Waals surface area contributed by atoms with Crippen LogP contribution < -0.4 is 10.6 Å². The lowest BCUT2D eigenvalue weighted by Gasteiger charge is -2.08. The molecule has 0 aliphatic carbocycles. The van der Waals surface area contributed by atoms with Crippen molar-refractivity contribution in [2.45, 2.75) is 19.4 Å². The topological polar surface area (TPSA) is 58.2 Å². The van der Waals surface area contributed by atoms with E-state index in [4.69, 9.17) is 23.2 Å². The van der Waals surface area contributed by atoms with E-state index in [1.54, 1.807) is 30.3 Å². The molecule has 2 aromatic carbocycles. The molecule has 0 unspecified atom stereocenters. The first-order valence-electron chi connectivity index (χ1n) is 7.70. The van der Waals surface area contributed by atoms with Crippen LogP contribution in [0.1, 0.15) is 28.8 Å². The maximum absolute atomic E-state index is 11.9. The van der Waals surface area contributed by atoms with Gasteiger partial charge in [0, 0.05) is 39.6 Å². The first-order valence-corrected chi connectivity index (χ1v) is 9.25. The van der Waals surface area contributed by atoms with Crippen molar-refractivity contribution in [2.24, 2.45) is 0 Å². The van der Waals surface area contributed by atoms with Gasteiger partial charge in [-0.25, -0.2) is 0 Å². The molecule has 4 nitrogen and oxygen atoms in total. The number of nitrogens with one attached hydrogen (secondary N) is 2. The highest BCUT2D eigenvalue weighted by molar-refractivity contribution is 9.10. The molecule has 0 bridgehead atoms. The van der Waals surface area contributed by atoms with Gasteiger partial charge in [-0.05, 0) is 48.4 Å². The lowest BCUT2D eigenvalue weighted by molar-refractivity contribution is -0.121. The van der Waals surface area contributed by atoms with Crippen LogP contribution in [0.15, 0.2) is 46.9 Å². The molecule has 0 saturated heterocycles. The summed E-state index contributed by atoms with van der Waals surface area (Å²) >= 11 is 15.2. The average Bonchev–Trinajstić information content (AvgIpc) is 2.58. The van der Waals surface area contributed by atoms with Gasteiger partial charge in [0.05, 0.1) is 0 Å². The Hall–Kier alpha value is -1.56. The Kier molecular flexibility index (Phi) is 7.75. The van der Waals surface area contributed by atoms with Crippen LogP contribution in [0.4, 0.5) is 0 Å². The summed E-state index contributed by atoms with van der Waals surface area (Å²) < 4.78 is 0.893. The van der Waals surface area contributed by atoms with Crippen molar-refractivity contribution in [3.05, 3.63) is 68.1 Å². The largest absolute Gasteiger partial charge is 0.352 e. The molecule has 0 heterocycles. The molecule has 0 saturated carbocycles. The summed E-state index contributed by atoms with van der Waals surface area (Å²) in [5.41, 5.74) is 1.40. The number of halogens is 3. The third kappa shape index (κ3) is 6.69. The molecule has 0 spiro atoms. The number of amides is 2. The molecule has 2 amide bonds. The van der Waals surface area contributed by atoms with Gasteiger partial charge in [0.2, 0.25) is 5.91 Å². The Morgan fingerprint density at radius 1 is 1.00 bits per heavy atom. The Labute approximate surface area is 165 Å². The summed E-state index contributed by atoms with van der Waals surface area (Å²) in [7, 11) is 0. The molecular formula is C18H17BrCl2N2O2. The van der Waals surface area contributed by atoms with E-state index in [1.165, 1.54) is 0 Å². The predicted octanol–water partition coefficient (Wildman–Crippen LogP) is 4.58. The summed E-state index contributed by atoms with van der Waals surface area (Å²) in [6.45, 7) is 0.802. The van der Waals surface area contributed by atoms with E-state index in [0.717, 1.165) is 10.0 Å². The molecular weight excluding hydrogens is 427 g/mol. The van der Waals surface area contributed by atoms with Crippen molar-refractivity contribution in [1.82, 2.24) is 10.6 Å². The molecule has 25 heavy (non-hydrogen) atoms. The monoisotopic (exact) mass is 442 g/mol. The molecule has 7 heteroatoms.